The number of aryl methyl sites for hydroxylation is 2. The molecule has 0 spiro atoms. The Hall–Kier alpha value is -2.47. The first-order valence-electron chi connectivity index (χ1n) is 8.44. The molecule has 2 rings (SSSR count). The number of carbonyl (C=O) groups is 1. The lowest BCUT2D eigenvalue weighted by Gasteiger charge is -2.10. The first-order valence-corrected chi connectivity index (χ1v) is 8.82. The van der Waals surface area contributed by atoms with Gasteiger partial charge in [0, 0.05) is 24.3 Å². The van der Waals surface area contributed by atoms with Gasteiger partial charge in [-0.1, -0.05) is 24.9 Å². The van der Waals surface area contributed by atoms with Gasteiger partial charge >= 0.3 is 0 Å². The zero-order valence-electron chi connectivity index (χ0n) is 15.5. The fraction of sp³-hybridized carbons (Fsp3) is 0.368. The molecule has 6 nitrogen and oxygen atoms in total. The molecule has 1 aromatic carbocycles. The third-order valence-electron chi connectivity index (χ3n) is 3.90. The smallest absolute Gasteiger partial charge is 0.248 e. The minimum absolute atomic E-state index is 0.287. The molecule has 0 aliphatic heterocycles. The average Bonchev–Trinajstić information content (AvgIpc) is 2.91. The molecule has 2 aromatic rings. The Kier molecular flexibility index (Phi) is 7.09. The molecular formula is C19H24ClN3O3. The van der Waals surface area contributed by atoms with Gasteiger partial charge < -0.3 is 14.8 Å². The third kappa shape index (κ3) is 4.79. The molecule has 1 aromatic heterocycles. The maximum absolute atomic E-state index is 12.3. The highest BCUT2D eigenvalue weighted by molar-refractivity contribution is 6.31. The van der Waals surface area contributed by atoms with E-state index in [1.165, 1.54) is 13.2 Å². The van der Waals surface area contributed by atoms with Gasteiger partial charge in [-0.3, -0.25) is 9.48 Å². The van der Waals surface area contributed by atoms with E-state index < -0.39 is 0 Å². The van der Waals surface area contributed by atoms with Crippen LogP contribution in [0.1, 0.15) is 31.0 Å². The minimum Gasteiger partial charge on any atom is -0.497 e. The molecule has 7 heteroatoms. The summed E-state index contributed by atoms with van der Waals surface area (Å²) in [6.45, 7) is 4.75. The van der Waals surface area contributed by atoms with E-state index in [9.17, 15) is 4.79 Å². The topological polar surface area (TPSA) is 65.4 Å². The van der Waals surface area contributed by atoms with E-state index in [2.05, 4.69) is 17.3 Å². The lowest BCUT2D eigenvalue weighted by atomic mass is 10.2. The Morgan fingerprint density at radius 1 is 1.35 bits per heavy atom. The second kappa shape index (κ2) is 9.29. The Balaban J connectivity index is 2.12. The molecule has 0 fully saturated rings. The van der Waals surface area contributed by atoms with Crippen LogP contribution in [0.3, 0.4) is 0 Å². The summed E-state index contributed by atoms with van der Waals surface area (Å²) in [5.74, 6) is 0.884. The van der Waals surface area contributed by atoms with Crippen molar-refractivity contribution < 1.29 is 14.3 Å². The fourth-order valence-corrected chi connectivity index (χ4v) is 2.77. The minimum atomic E-state index is -0.287. The number of amides is 1. The normalized spacial score (nSPS) is 11.0. The van der Waals surface area contributed by atoms with E-state index in [0.717, 1.165) is 30.6 Å². The first kappa shape index (κ1) is 19.8. The molecule has 0 aliphatic carbocycles. The van der Waals surface area contributed by atoms with Crippen LogP contribution >= 0.6 is 11.6 Å². The third-order valence-corrected chi connectivity index (χ3v) is 4.30. The number of anilines is 1. The van der Waals surface area contributed by atoms with Crippen molar-refractivity contribution in [3.8, 4) is 11.5 Å². The molecule has 0 saturated heterocycles. The summed E-state index contributed by atoms with van der Waals surface area (Å²) in [4.78, 5) is 12.3. The van der Waals surface area contributed by atoms with Crippen molar-refractivity contribution in [1.29, 1.82) is 0 Å². The van der Waals surface area contributed by atoms with Gasteiger partial charge in [0.1, 0.15) is 16.7 Å². The number of methoxy groups -OCH3 is 2. The molecule has 1 heterocycles. The number of nitrogens with one attached hydrogen (secondary N) is 1. The highest BCUT2D eigenvalue weighted by atomic mass is 35.5. The molecule has 0 saturated carbocycles. The summed E-state index contributed by atoms with van der Waals surface area (Å²) < 4.78 is 12.2. The number of benzene rings is 1. The highest BCUT2D eigenvalue weighted by Gasteiger charge is 2.12. The van der Waals surface area contributed by atoms with Crippen LogP contribution in [-0.2, 0) is 11.3 Å². The van der Waals surface area contributed by atoms with Crippen molar-refractivity contribution >= 4 is 29.3 Å². The van der Waals surface area contributed by atoms with Gasteiger partial charge in [0.15, 0.2) is 0 Å². The van der Waals surface area contributed by atoms with Gasteiger partial charge in [0.2, 0.25) is 5.91 Å². The second-order valence-corrected chi connectivity index (χ2v) is 6.11. The number of unbranched alkanes of at least 4 members (excludes halogenated alkanes) is 1. The summed E-state index contributed by atoms with van der Waals surface area (Å²) in [7, 11) is 3.11. The molecule has 26 heavy (non-hydrogen) atoms. The molecule has 0 bridgehead atoms. The van der Waals surface area contributed by atoms with Crippen molar-refractivity contribution in [2.45, 2.75) is 33.2 Å². The number of nitrogens with zero attached hydrogens (tertiary/aromatic N) is 2. The number of ether oxygens (including phenoxy) is 2. The predicted molar refractivity (Wildman–Crippen MR) is 104 cm³/mol. The number of rotatable bonds is 8. The number of hydrogen-bond donors (Lipinski definition) is 1. The van der Waals surface area contributed by atoms with E-state index in [1.54, 1.807) is 36.1 Å². The molecule has 0 atom stereocenters. The molecule has 0 aliphatic rings. The summed E-state index contributed by atoms with van der Waals surface area (Å²) in [6.07, 6.45) is 5.18. The van der Waals surface area contributed by atoms with E-state index in [-0.39, 0.29) is 5.91 Å². The van der Waals surface area contributed by atoms with Gasteiger partial charge in [-0.15, -0.1) is 0 Å². The quantitative estimate of drug-likeness (QED) is 0.696. The van der Waals surface area contributed by atoms with Gasteiger partial charge in [-0.05, 0) is 31.6 Å². The SMILES string of the molecule is CCCCn1nc(C)c(/C=C/C(=O)Nc2ccc(OC)cc2OC)c1Cl. The zero-order valence-corrected chi connectivity index (χ0v) is 16.3. The van der Waals surface area contributed by atoms with Crippen molar-refractivity contribution in [2.24, 2.45) is 0 Å². The lowest BCUT2D eigenvalue weighted by Crippen LogP contribution is -2.09. The van der Waals surface area contributed by atoms with Crippen LogP contribution < -0.4 is 14.8 Å². The largest absolute Gasteiger partial charge is 0.497 e. The fourth-order valence-electron chi connectivity index (χ4n) is 2.45. The average molecular weight is 378 g/mol. The molecule has 140 valence electrons. The van der Waals surface area contributed by atoms with Gasteiger partial charge in [0.25, 0.3) is 0 Å². The maximum Gasteiger partial charge on any atom is 0.248 e. The van der Waals surface area contributed by atoms with Crippen LogP contribution in [0.5, 0.6) is 11.5 Å². The molecule has 1 amide bonds. The summed E-state index contributed by atoms with van der Waals surface area (Å²) in [5.41, 5.74) is 2.10. The van der Waals surface area contributed by atoms with Crippen LogP contribution in [0.25, 0.3) is 6.08 Å². The molecular weight excluding hydrogens is 354 g/mol. The second-order valence-electron chi connectivity index (χ2n) is 5.76. The highest BCUT2D eigenvalue weighted by Crippen LogP contribution is 2.29. The van der Waals surface area contributed by atoms with E-state index in [4.69, 9.17) is 21.1 Å². The lowest BCUT2D eigenvalue weighted by molar-refractivity contribution is -0.111. The van der Waals surface area contributed by atoms with E-state index >= 15 is 0 Å². The van der Waals surface area contributed by atoms with Crippen LogP contribution in [0, 0.1) is 6.92 Å². The monoisotopic (exact) mass is 377 g/mol. The number of halogens is 1. The Bertz CT molecular complexity index is 800. The number of carbonyl (C=O) groups excluding carboxylic acids is 1. The standard InChI is InChI=1S/C19H24ClN3O3/c1-5-6-11-23-19(20)15(13(2)22-23)8-10-18(24)21-16-9-7-14(25-3)12-17(16)26-4/h7-10,12H,5-6,11H2,1-4H3,(H,21,24)/b10-8+. The number of aromatic nitrogens is 2. The van der Waals surface area contributed by atoms with E-state index in [0.29, 0.717) is 22.3 Å². The molecule has 1 N–H and O–H groups in total. The number of hydrogen-bond acceptors (Lipinski definition) is 4. The van der Waals surface area contributed by atoms with Crippen molar-refractivity contribution in [2.75, 3.05) is 19.5 Å². The van der Waals surface area contributed by atoms with Crippen LogP contribution in [0.4, 0.5) is 5.69 Å². The first-order chi connectivity index (χ1) is 12.5. The Labute approximate surface area is 158 Å². The predicted octanol–water partition coefficient (Wildman–Crippen LogP) is 4.31. The zero-order chi connectivity index (χ0) is 19.1. The van der Waals surface area contributed by atoms with Crippen LogP contribution in [0.15, 0.2) is 24.3 Å². The summed E-state index contributed by atoms with van der Waals surface area (Å²) in [6, 6.07) is 5.18. The van der Waals surface area contributed by atoms with Crippen LogP contribution in [-0.4, -0.2) is 29.9 Å². The maximum atomic E-state index is 12.3. The van der Waals surface area contributed by atoms with Crippen molar-refractivity contribution in [3.05, 3.63) is 40.7 Å². The van der Waals surface area contributed by atoms with Gasteiger partial charge in [-0.25, -0.2) is 0 Å². The van der Waals surface area contributed by atoms with Crippen LogP contribution in [0.2, 0.25) is 5.15 Å². The Morgan fingerprint density at radius 2 is 2.12 bits per heavy atom. The van der Waals surface area contributed by atoms with Crippen molar-refractivity contribution in [1.82, 2.24) is 9.78 Å². The van der Waals surface area contributed by atoms with Gasteiger partial charge in [0.05, 0.1) is 25.6 Å². The summed E-state index contributed by atoms with van der Waals surface area (Å²) in [5, 5.41) is 7.75. The Morgan fingerprint density at radius 3 is 2.77 bits per heavy atom. The van der Waals surface area contributed by atoms with Crippen molar-refractivity contribution in [3.63, 3.8) is 0 Å². The summed E-state index contributed by atoms with van der Waals surface area (Å²) >= 11 is 6.37. The molecule has 0 radical (unpaired) electrons. The molecule has 0 unspecified atom stereocenters. The van der Waals surface area contributed by atoms with Gasteiger partial charge in [-0.2, -0.15) is 5.10 Å². The van der Waals surface area contributed by atoms with E-state index in [1.807, 2.05) is 6.92 Å².